The molecule has 0 radical (unpaired) electrons. The number of benzene rings is 2. The van der Waals surface area contributed by atoms with E-state index in [9.17, 15) is 18.0 Å². The van der Waals surface area contributed by atoms with Crippen molar-refractivity contribution in [2.24, 2.45) is 0 Å². The molecule has 0 spiro atoms. The first-order valence-electron chi connectivity index (χ1n) is 10.0. The molecule has 0 unspecified atom stereocenters. The van der Waals surface area contributed by atoms with E-state index in [-0.39, 0.29) is 11.3 Å². The highest BCUT2D eigenvalue weighted by Crippen LogP contribution is 2.27. The molecule has 1 amide bonds. The fourth-order valence-electron chi connectivity index (χ4n) is 3.00. The summed E-state index contributed by atoms with van der Waals surface area (Å²) in [6.45, 7) is 3.68. The average Bonchev–Trinajstić information content (AvgIpc) is 2.78. The second kappa shape index (κ2) is 11.5. The quantitative estimate of drug-likeness (QED) is 0.509. The summed E-state index contributed by atoms with van der Waals surface area (Å²) < 4.78 is 42.0. The zero-order valence-electron chi connectivity index (χ0n) is 18.6. The van der Waals surface area contributed by atoms with Crippen LogP contribution >= 0.6 is 0 Å². The van der Waals surface area contributed by atoms with E-state index in [0.29, 0.717) is 35.8 Å². The fourth-order valence-corrected chi connectivity index (χ4v) is 4.50. The number of sulfonamides is 1. The lowest BCUT2D eigenvalue weighted by atomic mass is 10.1. The minimum Gasteiger partial charge on any atom is -0.493 e. The molecule has 0 aliphatic carbocycles. The van der Waals surface area contributed by atoms with Crippen molar-refractivity contribution in [2.75, 3.05) is 39.2 Å². The highest BCUT2D eigenvalue weighted by Gasteiger charge is 2.22. The third-order valence-electron chi connectivity index (χ3n) is 4.62. The Balaban J connectivity index is 1.95. The molecule has 0 aliphatic rings. The van der Waals surface area contributed by atoms with Crippen LogP contribution in [0.4, 0.5) is 5.69 Å². The first-order chi connectivity index (χ1) is 15.2. The Morgan fingerprint density at radius 1 is 0.969 bits per heavy atom. The number of carbonyl (C=O) groups is 2. The van der Waals surface area contributed by atoms with Crippen LogP contribution in [0.2, 0.25) is 0 Å². The second-order valence-electron chi connectivity index (χ2n) is 6.69. The van der Waals surface area contributed by atoms with Crippen molar-refractivity contribution in [1.82, 2.24) is 4.31 Å². The number of hydrogen-bond acceptors (Lipinski definition) is 7. The number of amides is 1. The predicted octanol–water partition coefficient (Wildman–Crippen LogP) is 2.46. The molecule has 0 atom stereocenters. The topological polar surface area (TPSA) is 111 Å². The summed E-state index contributed by atoms with van der Waals surface area (Å²) in [6.07, 6.45) is -0.0504. The number of esters is 1. The van der Waals surface area contributed by atoms with E-state index in [1.807, 2.05) is 0 Å². The molecule has 2 aromatic carbocycles. The molecule has 0 aliphatic heterocycles. The molecule has 9 nitrogen and oxygen atoms in total. The normalized spacial score (nSPS) is 11.2. The van der Waals surface area contributed by atoms with Gasteiger partial charge in [0, 0.05) is 18.8 Å². The van der Waals surface area contributed by atoms with Gasteiger partial charge in [0.2, 0.25) is 10.0 Å². The standard InChI is InChI=1S/C22H28N2O7S/c1-5-24(6-2)32(27,28)18-9-7-8-17(14-18)23-21(25)15-31-22(26)13-16-10-11-19(29-3)20(12-16)30-4/h7-12,14H,5-6,13,15H2,1-4H3,(H,23,25). The SMILES string of the molecule is CCN(CC)S(=O)(=O)c1cccc(NC(=O)COC(=O)Cc2ccc(OC)c(OC)c2)c1. The molecule has 2 rings (SSSR count). The number of methoxy groups -OCH3 is 2. The largest absolute Gasteiger partial charge is 0.493 e. The van der Waals surface area contributed by atoms with E-state index in [1.165, 1.54) is 36.7 Å². The Bertz CT molecular complexity index is 1050. The van der Waals surface area contributed by atoms with Crippen LogP contribution in [0.25, 0.3) is 0 Å². The van der Waals surface area contributed by atoms with Gasteiger partial charge in [0.15, 0.2) is 18.1 Å². The maximum atomic E-state index is 12.6. The number of carbonyl (C=O) groups excluding carboxylic acids is 2. The highest BCUT2D eigenvalue weighted by molar-refractivity contribution is 7.89. The van der Waals surface area contributed by atoms with Crippen LogP contribution in [-0.2, 0) is 30.8 Å². The van der Waals surface area contributed by atoms with Gasteiger partial charge in [-0.1, -0.05) is 26.0 Å². The van der Waals surface area contributed by atoms with Crippen LogP contribution in [0.1, 0.15) is 19.4 Å². The van der Waals surface area contributed by atoms with Gasteiger partial charge in [-0.2, -0.15) is 4.31 Å². The summed E-state index contributed by atoms with van der Waals surface area (Å²) in [4.78, 5) is 24.3. The van der Waals surface area contributed by atoms with E-state index in [4.69, 9.17) is 14.2 Å². The van der Waals surface area contributed by atoms with Crippen molar-refractivity contribution < 1.29 is 32.2 Å². The summed E-state index contributed by atoms with van der Waals surface area (Å²) in [7, 11) is -0.648. The van der Waals surface area contributed by atoms with Gasteiger partial charge < -0.3 is 19.5 Å². The van der Waals surface area contributed by atoms with Gasteiger partial charge >= 0.3 is 5.97 Å². The number of anilines is 1. The Morgan fingerprint density at radius 2 is 1.66 bits per heavy atom. The van der Waals surface area contributed by atoms with Crippen molar-refractivity contribution in [3.63, 3.8) is 0 Å². The van der Waals surface area contributed by atoms with E-state index >= 15 is 0 Å². The minimum atomic E-state index is -3.65. The molecule has 0 aromatic heterocycles. The number of ether oxygens (including phenoxy) is 3. The molecular formula is C22H28N2O7S. The number of rotatable bonds is 11. The van der Waals surface area contributed by atoms with Gasteiger partial charge in [-0.15, -0.1) is 0 Å². The molecule has 32 heavy (non-hydrogen) atoms. The van der Waals surface area contributed by atoms with Crippen molar-refractivity contribution in [3.05, 3.63) is 48.0 Å². The molecule has 0 saturated heterocycles. The van der Waals surface area contributed by atoms with Gasteiger partial charge in [0.25, 0.3) is 5.91 Å². The molecule has 0 heterocycles. The van der Waals surface area contributed by atoms with Crippen LogP contribution in [0.5, 0.6) is 11.5 Å². The Hall–Kier alpha value is -3.11. The van der Waals surface area contributed by atoms with E-state index in [0.717, 1.165) is 0 Å². The predicted molar refractivity (Wildman–Crippen MR) is 119 cm³/mol. The van der Waals surface area contributed by atoms with Crippen LogP contribution < -0.4 is 14.8 Å². The zero-order valence-corrected chi connectivity index (χ0v) is 19.4. The third kappa shape index (κ3) is 6.44. The summed E-state index contributed by atoms with van der Waals surface area (Å²) in [5.74, 6) is -0.155. The summed E-state index contributed by atoms with van der Waals surface area (Å²) >= 11 is 0. The average molecular weight is 465 g/mol. The van der Waals surface area contributed by atoms with Gasteiger partial charge in [-0.25, -0.2) is 8.42 Å². The zero-order chi connectivity index (χ0) is 23.7. The maximum absolute atomic E-state index is 12.6. The summed E-state index contributed by atoms with van der Waals surface area (Å²) in [5, 5.41) is 2.55. The molecular weight excluding hydrogens is 436 g/mol. The molecule has 1 N–H and O–H groups in total. The minimum absolute atomic E-state index is 0.0504. The maximum Gasteiger partial charge on any atom is 0.310 e. The van der Waals surface area contributed by atoms with E-state index in [1.54, 1.807) is 38.1 Å². The van der Waals surface area contributed by atoms with Crippen molar-refractivity contribution in [2.45, 2.75) is 25.2 Å². The molecule has 2 aromatic rings. The van der Waals surface area contributed by atoms with Crippen LogP contribution in [0.3, 0.4) is 0 Å². The highest BCUT2D eigenvalue weighted by atomic mass is 32.2. The molecule has 0 saturated carbocycles. The molecule has 10 heteroatoms. The lowest BCUT2D eigenvalue weighted by Crippen LogP contribution is -2.30. The molecule has 0 fully saturated rings. The van der Waals surface area contributed by atoms with Crippen molar-refractivity contribution in [1.29, 1.82) is 0 Å². The van der Waals surface area contributed by atoms with Crippen LogP contribution in [0.15, 0.2) is 47.4 Å². The molecule has 174 valence electrons. The van der Waals surface area contributed by atoms with Gasteiger partial charge in [-0.3, -0.25) is 9.59 Å². The van der Waals surface area contributed by atoms with Crippen LogP contribution in [-0.4, -0.2) is 58.5 Å². The Kier molecular flexibility index (Phi) is 9.03. The van der Waals surface area contributed by atoms with Gasteiger partial charge in [0.05, 0.1) is 25.5 Å². The molecule has 0 bridgehead atoms. The summed E-state index contributed by atoms with van der Waals surface area (Å²) in [5.41, 5.74) is 0.932. The monoisotopic (exact) mass is 464 g/mol. The van der Waals surface area contributed by atoms with E-state index < -0.39 is 28.5 Å². The Morgan fingerprint density at radius 3 is 2.28 bits per heavy atom. The van der Waals surface area contributed by atoms with Crippen molar-refractivity contribution in [3.8, 4) is 11.5 Å². The smallest absolute Gasteiger partial charge is 0.310 e. The van der Waals surface area contributed by atoms with Gasteiger partial charge in [0.1, 0.15) is 0 Å². The third-order valence-corrected chi connectivity index (χ3v) is 6.67. The van der Waals surface area contributed by atoms with Crippen LogP contribution in [0, 0.1) is 0 Å². The first-order valence-corrected chi connectivity index (χ1v) is 11.5. The fraction of sp³-hybridized carbons (Fsp3) is 0.364. The lowest BCUT2D eigenvalue weighted by Gasteiger charge is -2.18. The second-order valence-corrected chi connectivity index (χ2v) is 8.63. The lowest BCUT2D eigenvalue weighted by molar-refractivity contribution is -0.146. The van der Waals surface area contributed by atoms with Crippen molar-refractivity contribution >= 4 is 27.6 Å². The first kappa shape index (κ1) is 25.2. The van der Waals surface area contributed by atoms with Gasteiger partial charge in [-0.05, 0) is 35.9 Å². The number of nitrogens with one attached hydrogen (secondary N) is 1. The summed E-state index contributed by atoms with van der Waals surface area (Å²) in [6, 6.07) is 11.0. The van der Waals surface area contributed by atoms with E-state index in [2.05, 4.69) is 5.32 Å². The number of hydrogen-bond donors (Lipinski definition) is 1. The Labute approximate surface area is 188 Å². The number of nitrogens with zero attached hydrogens (tertiary/aromatic N) is 1.